The number of halogens is 4. The smallest absolute Gasteiger partial charge is 0.416 e. The number of amides is 1. The standard InChI is InChI=1S/C20H16ClF3N8O4/c21-12-5-3-11(4-6-12)16-29-31(19(36)30(16)8-14(33)20(22,23)24)9-15-26-10-32(28-15)17-13(27-18(34)35)2-1-7-25-17/h1-7,10,14,27,33H,8-9H2,(H,34,35)/t14-/m0/s1. The first-order chi connectivity index (χ1) is 17.0. The van der Waals surface area contributed by atoms with E-state index in [1.165, 1.54) is 48.9 Å². The molecule has 0 unspecified atom stereocenters. The highest BCUT2D eigenvalue weighted by atomic mass is 35.5. The summed E-state index contributed by atoms with van der Waals surface area (Å²) in [7, 11) is 0. The van der Waals surface area contributed by atoms with E-state index in [9.17, 15) is 27.9 Å². The van der Waals surface area contributed by atoms with Crippen LogP contribution in [0, 0.1) is 0 Å². The van der Waals surface area contributed by atoms with E-state index in [0.717, 1.165) is 9.36 Å². The van der Waals surface area contributed by atoms with Crippen LogP contribution >= 0.6 is 11.6 Å². The molecular formula is C20H16ClF3N8O4. The van der Waals surface area contributed by atoms with Crippen molar-refractivity contribution in [2.75, 3.05) is 5.32 Å². The Morgan fingerprint density at radius 2 is 1.86 bits per heavy atom. The quantitative estimate of drug-likeness (QED) is 0.333. The Kier molecular flexibility index (Phi) is 6.76. The molecule has 0 aliphatic carbocycles. The Hall–Kier alpha value is -4.24. The third-order valence-corrected chi connectivity index (χ3v) is 5.09. The van der Waals surface area contributed by atoms with Crippen LogP contribution in [0.2, 0.25) is 5.02 Å². The number of aliphatic hydroxyl groups is 1. The third-order valence-electron chi connectivity index (χ3n) is 4.83. The van der Waals surface area contributed by atoms with Crippen molar-refractivity contribution in [1.29, 1.82) is 0 Å². The molecule has 3 N–H and O–H groups in total. The van der Waals surface area contributed by atoms with Crippen molar-refractivity contribution < 1.29 is 28.2 Å². The lowest BCUT2D eigenvalue weighted by atomic mass is 10.2. The number of hydrogen-bond donors (Lipinski definition) is 3. The van der Waals surface area contributed by atoms with E-state index >= 15 is 0 Å². The maximum absolute atomic E-state index is 13.0. The molecule has 4 aromatic rings. The summed E-state index contributed by atoms with van der Waals surface area (Å²) < 4.78 is 41.7. The Morgan fingerprint density at radius 1 is 1.14 bits per heavy atom. The lowest BCUT2D eigenvalue weighted by Crippen LogP contribution is -2.37. The average molecular weight is 525 g/mol. The minimum Gasteiger partial charge on any atom is -0.465 e. The summed E-state index contributed by atoms with van der Waals surface area (Å²) in [5.74, 6) is 0.0106. The van der Waals surface area contributed by atoms with Gasteiger partial charge in [0.1, 0.15) is 12.9 Å². The predicted molar refractivity (Wildman–Crippen MR) is 119 cm³/mol. The zero-order valence-corrected chi connectivity index (χ0v) is 18.7. The molecule has 0 bridgehead atoms. The van der Waals surface area contributed by atoms with E-state index < -0.39 is 30.6 Å². The summed E-state index contributed by atoms with van der Waals surface area (Å²) in [6.07, 6.45) is -6.46. The van der Waals surface area contributed by atoms with E-state index in [4.69, 9.17) is 16.7 Å². The van der Waals surface area contributed by atoms with Crippen LogP contribution in [0.25, 0.3) is 17.2 Å². The molecule has 0 radical (unpaired) electrons. The van der Waals surface area contributed by atoms with Crippen molar-refractivity contribution in [3.63, 3.8) is 0 Å². The van der Waals surface area contributed by atoms with Gasteiger partial charge in [-0.3, -0.25) is 9.88 Å². The van der Waals surface area contributed by atoms with Gasteiger partial charge in [0, 0.05) is 16.8 Å². The predicted octanol–water partition coefficient (Wildman–Crippen LogP) is 2.40. The molecule has 188 valence electrons. The molecule has 1 atom stereocenters. The topological polar surface area (TPSA) is 153 Å². The molecule has 3 heterocycles. The maximum Gasteiger partial charge on any atom is 0.416 e. The Bertz CT molecular complexity index is 1450. The molecule has 1 amide bonds. The molecule has 0 spiro atoms. The largest absolute Gasteiger partial charge is 0.465 e. The van der Waals surface area contributed by atoms with Crippen molar-refractivity contribution in [2.24, 2.45) is 0 Å². The molecule has 0 saturated carbocycles. The summed E-state index contributed by atoms with van der Waals surface area (Å²) in [4.78, 5) is 32.1. The van der Waals surface area contributed by atoms with Gasteiger partial charge in [0.05, 0.1) is 12.2 Å². The summed E-state index contributed by atoms with van der Waals surface area (Å²) in [6.45, 7) is -1.42. The Balaban J connectivity index is 1.69. The van der Waals surface area contributed by atoms with E-state index in [0.29, 0.717) is 15.2 Å². The summed E-state index contributed by atoms with van der Waals surface area (Å²) >= 11 is 5.87. The molecule has 12 nitrogen and oxygen atoms in total. The first-order valence-corrected chi connectivity index (χ1v) is 10.4. The average Bonchev–Trinajstić information content (AvgIpc) is 3.39. The van der Waals surface area contributed by atoms with Crippen LogP contribution in [0.5, 0.6) is 0 Å². The molecule has 16 heteroatoms. The molecule has 36 heavy (non-hydrogen) atoms. The van der Waals surface area contributed by atoms with Crippen LogP contribution in [0.1, 0.15) is 5.82 Å². The fraction of sp³-hybridized carbons (Fsp3) is 0.200. The fourth-order valence-corrected chi connectivity index (χ4v) is 3.32. The van der Waals surface area contributed by atoms with Gasteiger partial charge < -0.3 is 10.2 Å². The lowest BCUT2D eigenvalue weighted by molar-refractivity contribution is -0.207. The number of alkyl halides is 3. The van der Waals surface area contributed by atoms with Gasteiger partial charge in [-0.2, -0.15) is 13.2 Å². The first kappa shape index (κ1) is 24.9. The fourth-order valence-electron chi connectivity index (χ4n) is 3.20. The van der Waals surface area contributed by atoms with Crippen LogP contribution in [-0.4, -0.2) is 62.7 Å². The number of carboxylic acid groups (broad SMARTS) is 1. The lowest BCUT2D eigenvalue weighted by Gasteiger charge is -2.15. The number of aliphatic hydroxyl groups excluding tert-OH is 1. The van der Waals surface area contributed by atoms with Gasteiger partial charge >= 0.3 is 18.0 Å². The van der Waals surface area contributed by atoms with Crippen molar-refractivity contribution >= 4 is 23.4 Å². The van der Waals surface area contributed by atoms with Crippen molar-refractivity contribution in [1.82, 2.24) is 34.1 Å². The second-order valence-electron chi connectivity index (χ2n) is 7.35. The van der Waals surface area contributed by atoms with Crippen molar-refractivity contribution in [3.05, 3.63) is 70.3 Å². The van der Waals surface area contributed by atoms with Crippen LogP contribution in [0.15, 0.2) is 53.7 Å². The highest BCUT2D eigenvalue weighted by Gasteiger charge is 2.39. The number of pyridine rings is 1. The number of rotatable bonds is 7. The molecule has 0 saturated heterocycles. The monoisotopic (exact) mass is 524 g/mol. The van der Waals surface area contributed by atoms with E-state index in [1.54, 1.807) is 0 Å². The molecule has 1 aromatic carbocycles. The van der Waals surface area contributed by atoms with Gasteiger partial charge in [-0.05, 0) is 36.4 Å². The SMILES string of the molecule is O=C(O)Nc1cccnc1-n1cnc(Cn2nc(-c3ccc(Cl)cc3)n(C[C@H](O)C(F)(F)F)c2=O)n1. The van der Waals surface area contributed by atoms with Crippen LogP contribution < -0.4 is 11.0 Å². The Morgan fingerprint density at radius 3 is 2.53 bits per heavy atom. The first-order valence-electron chi connectivity index (χ1n) is 10.1. The highest BCUT2D eigenvalue weighted by molar-refractivity contribution is 6.30. The van der Waals surface area contributed by atoms with Crippen molar-refractivity contribution in [3.8, 4) is 17.2 Å². The van der Waals surface area contributed by atoms with Gasteiger partial charge in [-0.1, -0.05) is 11.6 Å². The van der Waals surface area contributed by atoms with Gasteiger partial charge in [0.25, 0.3) is 0 Å². The summed E-state index contributed by atoms with van der Waals surface area (Å²) in [6, 6.07) is 8.85. The number of anilines is 1. The zero-order chi connectivity index (χ0) is 26.0. The molecule has 0 aliphatic rings. The second kappa shape index (κ2) is 9.79. The maximum atomic E-state index is 13.0. The van der Waals surface area contributed by atoms with Gasteiger partial charge in [-0.25, -0.2) is 28.9 Å². The van der Waals surface area contributed by atoms with E-state index in [-0.39, 0.29) is 29.7 Å². The van der Waals surface area contributed by atoms with Crippen molar-refractivity contribution in [2.45, 2.75) is 25.4 Å². The Labute approximate surface area is 204 Å². The molecule has 3 aromatic heterocycles. The minimum absolute atomic E-state index is 0.0349. The molecule has 0 fully saturated rings. The third kappa shape index (κ3) is 5.36. The summed E-state index contributed by atoms with van der Waals surface area (Å²) in [5, 5.41) is 29.4. The van der Waals surface area contributed by atoms with Gasteiger partial charge in [0.15, 0.2) is 23.6 Å². The number of carbonyl (C=O) groups is 1. The molecule has 4 rings (SSSR count). The number of hydrogen-bond acceptors (Lipinski definition) is 7. The number of aromatic nitrogens is 7. The zero-order valence-electron chi connectivity index (χ0n) is 18.0. The minimum atomic E-state index is -4.95. The van der Waals surface area contributed by atoms with Crippen LogP contribution in [0.4, 0.5) is 23.7 Å². The molecule has 0 aliphatic heterocycles. The van der Waals surface area contributed by atoms with Gasteiger partial charge in [0.2, 0.25) is 0 Å². The van der Waals surface area contributed by atoms with Crippen LogP contribution in [0.3, 0.4) is 0 Å². The number of benzene rings is 1. The number of nitrogens with one attached hydrogen (secondary N) is 1. The van der Waals surface area contributed by atoms with E-state index in [2.05, 4.69) is 25.5 Å². The second-order valence-corrected chi connectivity index (χ2v) is 7.79. The highest BCUT2D eigenvalue weighted by Crippen LogP contribution is 2.24. The molecular weight excluding hydrogens is 509 g/mol. The number of nitrogens with zero attached hydrogens (tertiary/aromatic N) is 7. The van der Waals surface area contributed by atoms with Crippen LogP contribution in [-0.2, 0) is 13.1 Å². The normalized spacial score (nSPS) is 12.5. The van der Waals surface area contributed by atoms with E-state index in [1.807, 2.05) is 0 Å². The summed E-state index contributed by atoms with van der Waals surface area (Å²) in [5.41, 5.74) is -0.527. The van der Waals surface area contributed by atoms with Gasteiger partial charge in [-0.15, -0.1) is 10.2 Å².